The SMILES string of the molecule is C[C@H](OC(=O)c1ccc(OC(F)(F)F)cc1)C(=O)Nc1ccc(F)cc1F. The summed E-state index contributed by atoms with van der Waals surface area (Å²) in [4.78, 5) is 23.9. The summed E-state index contributed by atoms with van der Waals surface area (Å²) in [6.07, 6.45) is -6.22. The fraction of sp³-hybridized carbons (Fsp3) is 0.176. The third-order valence-electron chi connectivity index (χ3n) is 3.17. The number of hydrogen-bond donors (Lipinski definition) is 1. The molecule has 5 nitrogen and oxygen atoms in total. The van der Waals surface area contributed by atoms with E-state index in [2.05, 4.69) is 10.1 Å². The van der Waals surface area contributed by atoms with Crippen molar-refractivity contribution in [2.75, 3.05) is 5.32 Å². The minimum absolute atomic E-state index is 0.128. The summed E-state index contributed by atoms with van der Waals surface area (Å²) in [6, 6.07) is 6.35. The Kier molecular flexibility index (Phi) is 5.98. The number of carbonyl (C=O) groups is 2. The van der Waals surface area contributed by atoms with Crippen LogP contribution in [-0.2, 0) is 9.53 Å². The largest absolute Gasteiger partial charge is 0.573 e. The maximum absolute atomic E-state index is 13.5. The first kappa shape index (κ1) is 20.1. The first-order valence-corrected chi connectivity index (χ1v) is 7.38. The molecule has 27 heavy (non-hydrogen) atoms. The van der Waals surface area contributed by atoms with E-state index < -0.39 is 41.7 Å². The molecule has 2 rings (SSSR count). The van der Waals surface area contributed by atoms with E-state index in [0.717, 1.165) is 36.4 Å². The Morgan fingerprint density at radius 3 is 2.22 bits per heavy atom. The number of halogens is 5. The second-order valence-electron chi connectivity index (χ2n) is 5.23. The minimum atomic E-state index is -4.87. The molecule has 0 radical (unpaired) electrons. The van der Waals surface area contributed by atoms with Crippen LogP contribution in [0.1, 0.15) is 17.3 Å². The molecule has 1 N–H and O–H groups in total. The van der Waals surface area contributed by atoms with E-state index in [1.807, 2.05) is 0 Å². The highest BCUT2D eigenvalue weighted by Gasteiger charge is 2.31. The maximum atomic E-state index is 13.5. The Labute approximate surface area is 149 Å². The highest BCUT2D eigenvalue weighted by Crippen LogP contribution is 2.23. The third kappa shape index (κ3) is 5.94. The molecule has 1 atom stereocenters. The number of nitrogens with one attached hydrogen (secondary N) is 1. The number of hydrogen-bond acceptors (Lipinski definition) is 4. The summed E-state index contributed by atoms with van der Waals surface area (Å²) in [5.41, 5.74) is -0.435. The molecular formula is C17H12F5NO4. The molecule has 0 aliphatic rings. The van der Waals surface area contributed by atoms with Gasteiger partial charge in [-0.25, -0.2) is 13.6 Å². The van der Waals surface area contributed by atoms with Crippen molar-refractivity contribution in [3.05, 3.63) is 59.7 Å². The van der Waals surface area contributed by atoms with Gasteiger partial charge in [0.25, 0.3) is 5.91 Å². The Hall–Kier alpha value is -3.17. The number of rotatable bonds is 5. The summed E-state index contributed by atoms with van der Waals surface area (Å²) < 4.78 is 71.1. The predicted octanol–water partition coefficient (Wildman–Crippen LogP) is 4.05. The number of carbonyl (C=O) groups excluding carboxylic acids is 2. The van der Waals surface area contributed by atoms with Crippen molar-refractivity contribution in [1.29, 1.82) is 0 Å². The van der Waals surface area contributed by atoms with Crippen LogP contribution in [0.5, 0.6) is 5.75 Å². The van der Waals surface area contributed by atoms with Crippen LogP contribution in [0.4, 0.5) is 27.6 Å². The van der Waals surface area contributed by atoms with Gasteiger partial charge in [0, 0.05) is 6.07 Å². The topological polar surface area (TPSA) is 64.6 Å². The minimum Gasteiger partial charge on any atom is -0.449 e. The average Bonchev–Trinajstić information content (AvgIpc) is 2.56. The van der Waals surface area contributed by atoms with Crippen LogP contribution < -0.4 is 10.1 Å². The Bertz CT molecular complexity index is 836. The van der Waals surface area contributed by atoms with Crippen molar-refractivity contribution >= 4 is 17.6 Å². The van der Waals surface area contributed by atoms with Gasteiger partial charge < -0.3 is 14.8 Å². The van der Waals surface area contributed by atoms with Crippen LogP contribution in [0, 0.1) is 11.6 Å². The molecule has 0 unspecified atom stereocenters. The van der Waals surface area contributed by atoms with Crippen LogP contribution in [0.2, 0.25) is 0 Å². The van der Waals surface area contributed by atoms with Gasteiger partial charge in [0.15, 0.2) is 6.10 Å². The van der Waals surface area contributed by atoms with Gasteiger partial charge in [-0.3, -0.25) is 4.79 Å². The summed E-state index contributed by atoms with van der Waals surface area (Å²) in [5, 5.41) is 2.13. The van der Waals surface area contributed by atoms with Crippen molar-refractivity contribution in [3.63, 3.8) is 0 Å². The van der Waals surface area contributed by atoms with E-state index in [0.29, 0.717) is 6.07 Å². The molecule has 0 bridgehead atoms. The first-order chi connectivity index (χ1) is 12.5. The van der Waals surface area contributed by atoms with Crippen molar-refractivity contribution < 1.29 is 41.0 Å². The molecule has 144 valence electrons. The number of amides is 1. The van der Waals surface area contributed by atoms with Gasteiger partial charge in [-0.15, -0.1) is 13.2 Å². The van der Waals surface area contributed by atoms with E-state index in [1.54, 1.807) is 0 Å². The zero-order valence-corrected chi connectivity index (χ0v) is 13.6. The molecule has 0 saturated heterocycles. The van der Waals surface area contributed by atoms with Gasteiger partial charge in [-0.1, -0.05) is 0 Å². The molecule has 0 saturated carbocycles. The zero-order valence-electron chi connectivity index (χ0n) is 13.6. The van der Waals surface area contributed by atoms with E-state index in [9.17, 15) is 31.5 Å². The Morgan fingerprint density at radius 2 is 1.67 bits per heavy atom. The summed E-state index contributed by atoms with van der Waals surface area (Å²) in [7, 11) is 0. The summed E-state index contributed by atoms with van der Waals surface area (Å²) in [6.45, 7) is 1.20. The average molecular weight is 389 g/mol. The number of alkyl halides is 3. The normalized spacial score (nSPS) is 12.2. The third-order valence-corrected chi connectivity index (χ3v) is 3.17. The molecule has 2 aromatic rings. The molecular weight excluding hydrogens is 377 g/mol. The molecule has 0 spiro atoms. The number of ether oxygens (including phenoxy) is 2. The van der Waals surface area contributed by atoms with Crippen LogP contribution in [0.15, 0.2) is 42.5 Å². The number of benzene rings is 2. The van der Waals surface area contributed by atoms with Crippen molar-refractivity contribution in [1.82, 2.24) is 0 Å². The standard InChI is InChI=1S/C17H12F5NO4/c1-9(15(24)23-14-7-4-11(18)8-13(14)19)26-16(25)10-2-5-12(6-3-10)27-17(20,21)22/h2-9H,1H3,(H,23,24)/t9-/m0/s1. The highest BCUT2D eigenvalue weighted by atomic mass is 19.4. The molecule has 10 heteroatoms. The van der Waals surface area contributed by atoms with Crippen LogP contribution in [0.25, 0.3) is 0 Å². The summed E-state index contributed by atoms with van der Waals surface area (Å²) >= 11 is 0. The molecule has 2 aromatic carbocycles. The predicted molar refractivity (Wildman–Crippen MR) is 83.0 cm³/mol. The van der Waals surface area contributed by atoms with E-state index in [4.69, 9.17) is 4.74 Å². The lowest BCUT2D eigenvalue weighted by molar-refractivity contribution is -0.274. The lowest BCUT2D eigenvalue weighted by Gasteiger charge is -2.14. The van der Waals surface area contributed by atoms with Crippen LogP contribution in [-0.4, -0.2) is 24.3 Å². The van der Waals surface area contributed by atoms with Gasteiger partial charge in [0.2, 0.25) is 0 Å². The van der Waals surface area contributed by atoms with Crippen LogP contribution >= 0.6 is 0 Å². The molecule has 0 aliphatic heterocycles. The van der Waals surface area contributed by atoms with Crippen LogP contribution in [0.3, 0.4) is 0 Å². The molecule has 0 heterocycles. The second-order valence-corrected chi connectivity index (χ2v) is 5.23. The Balaban J connectivity index is 1.97. The lowest BCUT2D eigenvalue weighted by Crippen LogP contribution is -2.30. The van der Waals surface area contributed by atoms with Gasteiger partial charge in [0.05, 0.1) is 11.3 Å². The zero-order chi connectivity index (χ0) is 20.2. The number of esters is 1. The fourth-order valence-electron chi connectivity index (χ4n) is 1.90. The van der Waals surface area contributed by atoms with E-state index >= 15 is 0 Å². The maximum Gasteiger partial charge on any atom is 0.573 e. The van der Waals surface area contributed by atoms with Gasteiger partial charge in [-0.05, 0) is 43.3 Å². The summed E-state index contributed by atoms with van der Waals surface area (Å²) in [5.74, 6) is -4.25. The highest BCUT2D eigenvalue weighted by molar-refractivity contribution is 5.97. The van der Waals surface area contributed by atoms with Crippen molar-refractivity contribution in [2.24, 2.45) is 0 Å². The van der Waals surface area contributed by atoms with Gasteiger partial charge >= 0.3 is 12.3 Å². The van der Waals surface area contributed by atoms with Gasteiger partial charge in [0.1, 0.15) is 17.4 Å². The van der Waals surface area contributed by atoms with Crippen molar-refractivity contribution in [2.45, 2.75) is 19.4 Å². The van der Waals surface area contributed by atoms with E-state index in [-0.39, 0.29) is 11.3 Å². The van der Waals surface area contributed by atoms with Gasteiger partial charge in [-0.2, -0.15) is 0 Å². The first-order valence-electron chi connectivity index (χ1n) is 7.38. The lowest BCUT2D eigenvalue weighted by atomic mass is 10.2. The molecule has 1 amide bonds. The van der Waals surface area contributed by atoms with Crippen molar-refractivity contribution in [3.8, 4) is 5.75 Å². The van der Waals surface area contributed by atoms with E-state index in [1.165, 1.54) is 6.92 Å². The second kappa shape index (κ2) is 8.02. The molecule has 0 fully saturated rings. The molecule has 0 aromatic heterocycles. The smallest absolute Gasteiger partial charge is 0.449 e. The fourth-order valence-corrected chi connectivity index (χ4v) is 1.90. The quantitative estimate of drug-likeness (QED) is 0.619. The number of anilines is 1. The Morgan fingerprint density at radius 1 is 1.04 bits per heavy atom. The molecule has 0 aliphatic carbocycles. The monoisotopic (exact) mass is 389 g/mol.